The Morgan fingerprint density at radius 1 is 0.957 bits per heavy atom. The molecule has 0 aliphatic rings. The van der Waals surface area contributed by atoms with Crippen LogP contribution in [0.5, 0.6) is 0 Å². The molecule has 8 heteroatoms. The van der Waals surface area contributed by atoms with Crippen LogP contribution in [0.15, 0.2) is 53.4 Å². The molecular weight excluding hydrogens is 316 g/mol. The molecule has 0 aliphatic carbocycles. The lowest BCUT2D eigenvalue weighted by atomic mass is 10.1. The number of nitrogens with one attached hydrogen (secondary N) is 2. The van der Waals surface area contributed by atoms with Gasteiger partial charge in [0.05, 0.1) is 4.90 Å². The normalized spacial score (nSPS) is 11.0. The minimum Gasteiger partial charge on any atom is -0.351 e. The van der Waals surface area contributed by atoms with Gasteiger partial charge in [0.15, 0.2) is 0 Å². The molecule has 0 saturated heterocycles. The minimum atomic E-state index is -3.70. The number of carbonyl (C=O) groups excluding carboxylic acids is 1. The highest BCUT2D eigenvalue weighted by molar-refractivity contribution is 7.92. The Labute approximate surface area is 134 Å². The first-order chi connectivity index (χ1) is 10.9. The molecule has 122 valence electrons. The molecule has 2 amide bonds. The van der Waals surface area contributed by atoms with Crippen LogP contribution in [0.25, 0.3) is 0 Å². The zero-order chi connectivity index (χ0) is 16.9. The summed E-state index contributed by atoms with van der Waals surface area (Å²) in [5.41, 5.74) is 12.4. The molecule has 6 N–H and O–H groups in total. The molecule has 0 bridgehead atoms. The molecule has 7 nitrogen and oxygen atoms in total. The maximum Gasteiger partial charge on any atom is 0.316 e. The molecule has 0 fully saturated rings. The molecule has 23 heavy (non-hydrogen) atoms. The molecule has 0 aromatic heterocycles. The third-order valence-corrected chi connectivity index (χ3v) is 4.47. The monoisotopic (exact) mass is 334 g/mol. The molecule has 0 heterocycles. The van der Waals surface area contributed by atoms with Gasteiger partial charge in [0.2, 0.25) is 0 Å². The van der Waals surface area contributed by atoms with E-state index in [1.807, 2.05) is 12.1 Å². The lowest BCUT2D eigenvalue weighted by Gasteiger charge is -2.09. The Morgan fingerprint density at radius 3 is 2.04 bits per heavy atom. The van der Waals surface area contributed by atoms with Crippen molar-refractivity contribution in [2.24, 2.45) is 11.5 Å². The fourth-order valence-corrected chi connectivity index (χ4v) is 3.04. The zero-order valence-electron chi connectivity index (χ0n) is 12.3. The van der Waals surface area contributed by atoms with Crippen LogP contribution in [0, 0.1) is 0 Å². The molecule has 0 atom stereocenters. The number of sulfonamides is 1. The van der Waals surface area contributed by atoms with Crippen LogP contribution in [0.1, 0.15) is 5.56 Å². The third kappa shape index (κ3) is 4.70. The Hall–Kier alpha value is -2.58. The maximum atomic E-state index is 12.3. The number of carbonyl (C=O) groups is 1. The van der Waals surface area contributed by atoms with Crippen molar-refractivity contribution in [1.29, 1.82) is 0 Å². The van der Waals surface area contributed by atoms with Crippen LogP contribution in [0.4, 0.5) is 16.2 Å². The molecule has 0 spiro atoms. The first kappa shape index (κ1) is 16.8. The number of hydrogen-bond donors (Lipinski definition) is 4. The van der Waals surface area contributed by atoms with Gasteiger partial charge in [0.25, 0.3) is 10.0 Å². The summed E-state index contributed by atoms with van der Waals surface area (Å²) in [7, 11) is -3.70. The van der Waals surface area contributed by atoms with Crippen molar-refractivity contribution in [1.82, 2.24) is 0 Å². The second kappa shape index (κ2) is 7.12. The lowest BCUT2D eigenvalue weighted by molar-refractivity contribution is 0.259. The van der Waals surface area contributed by atoms with Crippen molar-refractivity contribution in [2.75, 3.05) is 16.6 Å². The van der Waals surface area contributed by atoms with Gasteiger partial charge in [-0.1, -0.05) is 12.1 Å². The first-order valence-corrected chi connectivity index (χ1v) is 8.37. The van der Waals surface area contributed by atoms with E-state index in [-0.39, 0.29) is 4.90 Å². The van der Waals surface area contributed by atoms with Gasteiger partial charge in [-0.15, -0.1) is 0 Å². The van der Waals surface area contributed by atoms with Gasteiger partial charge < -0.3 is 16.8 Å². The highest BCUT2D eigenvalue weighted by atomic mass is 32.2. The van der Waals surface area contributed by atoms with Crippen molar-refractivity contribution < 1.29 is 13.2 Å². The van der Waals surface area contributed by atoms with Gasteiger partial charge >= 0.3 is 6.03 Å². The highest BCUT2D eigenvalue weighted by Crippen LogP contribution is 2.18. The average Bonchev–Trinajstić information content (AvgIpc) is 2.49. The van der Waals surface area contributed by atoms with Gasteiger partial charge in [0.1, 0.15) is 0 Å². The molecule has 2 aromatic rings. The van der Waals surface area contributed by atoms with Crippen molar-refractivity contribution in [2.45, 2.75) is 11.3 Å². The van der Waals surface area contributed by atoms with E-state index >= 15 is 0 Å². The number of nitrogens with two attached hydrogens (primary N) is 2. The van der Waals surface area contributed by atoms with Gasteiger partial charge in [-0.3, -0.25) is 4.72 Å². The van der Waals surface area contributed by atoms with E-state index in [4.69, 9.17) is 11.5 Å². The van der Waals surface area contributed by atoms with Crippen molar-refractivity contribution in [3.05, 3.63) is 54.1 Å². The summed E-state index contributed by atoms with van der Waals surface area (Å²) >= 11 is 0. The largest absolute Gasteiger partial charge is 0.351 e. The van der Waals surface area contributed by atoms with E-state index in [1.54, 1.807) is 12.1 Å². The van der Waals surface area contributed by atoms with Crippen molar-refractivity contribution in [3.63, 3.8) is 0 Å². The number of rotatable bonds is 6. The predicted octanol–water partition coefficient (Wildman–Crippen LogP) is 1.48. The van der Waals surface area contributed by atoms with E-state index in [0.717, 1.165) is 12.0 Å². The van der Waals surface area contributed by atoms with Crippen molar-refractivity contribution in [3.8, 4) is 0 Å². The van der Waals surface area contributed by atoms with Crippen LogP contribution in [-0.2, 0) is 16.4 Å². The van der Waals surface area contributed by atoms with Crippen LogP contribution >= 0.6 is 0 Å². The van der Waals surface area contributed by atoms with Gasteiger partial charge in [0, 0.05) is 11.4 Å². The second-order valence-electron chi connectivity index (χ2n) is 4.85. The van der Waals surface area contributed by atoms with E-state index in [1.165, 1.54) is 24.3 Å². The standard InChI is InChI=1S/C15H18N4O3S/c16-10-9-11-1-3-13(4-2-11)19-23(21,22)14-7-5-12(6-8-14)18-15(17)20/h1-8,19H,9-10,16H2,(H3,17,18,20). The minimum absolute atomic E-state index is 0.0820. The molecule has 0 radical (unpaired) electrons. The summed E-state index contributed by atoms with van der Waals surface area (Å²) < 4.78 is 27.1. The van der Waals surface area contributed by atoms with Crippen molar-refractivity contribution >= 4 is 27.4 Å². The highest BCUT2D eigenvalue weighted by Gasteiger charge is 2.14. The van der Waals surface area contributed by atoms with Gasteiger partial charge in [-0.05, 0) is 54.9 Å². The quantitative estimate of drug-likeness (QED) is 0.638. The predicted molar refractivity (Wildman–Crippen MR) is 89.7 cm³/mol. The maximum absolute atomic E-state index is 12.3. The van der Waals surface area contributed by atoms with E-state index < -0.39 is 16.1 Å². The van der Waals surface area contributed by atoms with Crippen LogP contribution in [-0.4, -0.2) is 21.0 Å². The summed E-state index contributed by atoms with van der Waals surface area (Å²) in [5, 5.41) is 2.36. The zero-order valence-corrected chi connectivity index (χ0v) is 13.1. The summed E-state index contributed by atoms with van der Waals surface area (Å²) in [6, 6.07) is 12.0. The van der Waals surface area contributed by atoms with Crippen LogP contribution in [0.2, 0.25) is 0 Å². The summed E-state index contributed by atoms with van der Waals surface area (Å²) in [6.45, 7) is 0.538. The molecule has 0 saturated carbocycles. The molecule has 0 aliphatic heterocycles. The molecule has 0 unspecified atom stereocenters. The van der Waals surface area contributed by atoms with Crippen LogP contribution in [0.3, 0.4) is 0 Å². The van der Waals surface area contributed by atoms with Crippen LogP contribution < -0.4 is 21.5 Å². The Balaban J connectivity index is 2.13. The number of anilines is 2. The second-order valence-corrected chi connectivity index (χ2v) is 6.54. The van der Waals surface area contributed by atoms with E-state index in [2.05, 4.69) is 10.0 Å². The fraction of sp³-hybridized carbons (Fsp3) is 0.133. The van der Waals surface area contributed by atoms with E-state index in [0.29, 0.717) is 17.9 Å². The molecule has 2 rings (SSSR count). The lowest BCUT2D eigenvalue weighted by Crippen LogP contribution is -2.19. The average molecular weight is 334 g/mol. The number of amides is 2. The topological polar surface area (TPSA) is 127 Å². The van der Waals surface area contributed by atoms with E-state index in [9.17, 15) is 13.2 Å². The Morgan fingerprint density at radius 2 is 1.52 bits per heavy atom. The molecular formula is C15H18N4O3S. The van der Waals surface area contributed by atoms with Gasteiger partial charge in [-0.25, -0.2) is 13.2 Å². The summed E-state index contributed by atoms with van der Waals surface area (Å²) in [6.07, 6.45) is 0.737. The number of urea groups is 1. The number of primary amides is 1. The van der Waals surface area contributed by atoms with Gasteiger partial charge in [-0.2, -0.15) is 0 Å². The first-order valence-electron chi connectivity index (χ1n) is 6.89. The Bertz CT molecular complexity index is 771. The smallest absolute Gasteiger partial charge is 0.316 e. The third-order valence-electron chi connectivity index (χ3n) is 3.07. The number of benzene rings is 2. The summed E-state index contributed by atoms with van der Waals surface area (Å²) in [5.74, 6) is 0. The Kier molecular flexibility index (Phi) is 5.20. The summed E-state index contributed by atoms with van der Waals surface area (Å²) in [4.78, 5) is 10.8. The SMILES string of the molecule is NCCc1ccc(NS(=O)(=O)c2ccc(NC(N)=O)cc2)cc1. The number of hydrogen-bond acceptors (Lipinski definition) is 4. The fourth-order valence-electron chi connectivity index (χ4n) is 1.98. The molecule has 2 aromatic carbocycles.